The largest absolute Gasteiger partial charge is 0.459 e. The van der Waals surface area contributed by atoms with Gasteiger partial charge in [0.05, 0.1) is 23.1 Å². The van der Waals surface area contributed by atoms with Gasteiger partial charge in [-0.1, -0.05) is 17.8 Å². The number of amides is 1. The molecule has 0 spiro atoms. The number of anilines is 1. The summed E-state index contributed by atoms with van der Waals surface area (Å²) in [6, 6.07) is 6.60. The summed E-state index contributed by atoms with van der Waals surface area (Å²) < 4.78 is 5.16. The number of H-pyrrole nitrogens is 1. The van der Waals surface area contributed by atoms with E-state index >= 15 is 0 Å². The molecule has 1 aliphatic carbocycles. The van der Waals surface area contributed by atoms with Crippen LogP contribution in [0.5, 0.6) is 0 Å². The third-order valence-electron chi connectivity index (χ3n) is 4.23. The van der Waals surface area contributed by atoms with Crippen molar-refractivity contribution in [3.05, 3.63) is 51.4 Å². The van der Waals surface area contributed by atoms with Crippen LogP contribution in [0.2, 0.25) is 0 Å². The van der Waals surface area contributed by atoms with E-state index in [2.05, 4.69) is 15.3 Å². The maximum atomic E-state index is 12.3. The zero-order chi connectivity index (χ0) is 20.1. The van der Waals surface area contributed by atoms with E-state index in [1.54, 1.807) is 38.1 Å². The maximum Gasteiger partial charge on any atom is 0.338 e. The number of aryl methyl sites for hydroxylation is 1. The van der Waals surface area contributed by atoms with Crippen LogP contribution in [0.3, 0.4) is 0 Å². The first-order valence-electron chi connectivity index (χ1n) is 9.28. The van der Waals surface area contributed by atoms with E-state index in [4.69, 9.17) is 4.74 Å². The lowest BCUT2D eigenvalue weighted by Crippen LogP contribution is -2.22. The second-order valence-corrected chi connectivity index (χ2v) is 7.84. The third-order valence-corrected chi connectivity index (χ3v) is 5.11. The molecule has 28 heavy (non-hydrogen) atoms. The highest BCUT2D eigenvalue weighted by atomic mass is 32.2. The van der Waals surface area contributed by atoms with E-state index < -0.39 is 5.97 Å². The van der Waals surface area contributed by atoms with Gasteiger partial charge in [-0.15, -0.1) is 0 Å². The second-order valence-electron chi connectivity index (χ2n) is 6.88. The molecular weight excluding hydrogens is 378 g/mol. The number of aromatic nitrogens is 2. The number of benzene rings is 1. The molecule has 7 nitrogen and oxygen atoms in total. The van der Waals surface area contributed by atoms with Crippen molar-refractivity contribution in [1.82, 2.24) is 9.97 Å². The highest BCUT2D eigenvalue weighted by Gasteiger charge is 2.16. The second kappa shape index (κ2) is 9.05. The molecular formula is C20H23N3O4S. The molecule has 8 heteroatoms. The number of carbonyl (C=O) groups excluding carboxylic acids is 2. The van der Waals surface area contributed by atoms with Crippen LogP contribution >= 0.6 is 11.8 Å². The summed E-state index contributed by atoms with van der Waals surface area (Å²) in [7, 11) is 0. The normalized spacial score (nSPS) is 13.1. The summed E-state index contributed by atoms with van der Waals surface area (Å²) in [5.74, 6) is -0.585. The summed E-state index contributed by atoms with van der Waals surface area (Å²) in [5.41, 5.74) is 2.39. The van der Waals surface area contributed by atoms with Crippen LogP contribution in [0, 0.1) is 0 Å². The Balaban J connectivity index is 1.60. The lowest BCUT2D eigenvalue weighted by atomic mass is 9.97. The fraction of sp³-hybridized carbons (Fsp3) is 0.400. The van der Waals surface area contributed by atoms with Crippen LogP contribution < -0.4 is 10.9 Å². The monoisotopic (exact) mass is 401 g/mol. The van der Waals surface area contributed by atoms with E-state index in [1.165, 1.54) is 11.8 Å². The average molecular weight is 401 g/mol. The number of thioether (sulfide) groups is 1. The van der Waals surface area contributed by atoms with Gasteiger partial charge in [-0.3, -0.25) is 9.59 Å². The molecule has 2 N–H and O–H groups in total. The van der Waals surface area contributed by atoms with Crippen LogP contribution in [0.4, 0.5) is 5.69 Å². The van der Waals surface area contributed by atoms with Crippen molar-refractivity contribution < 1.29 is 14.3 Å². The van der Waals surface area contributed by atoms with Crippen LogP contribution in [-0.4, -0.2) is 33.7 Å². The minimum Gasteiger partial charge on any atom is -0.459 e. The molecule has 1 aromatic carbocycles. The Morgan fingerprint density at radius 2 is 2.07 bits per heavy atom. The SMILES string of the molecule is CC(C)OC(=O)c1cccc(NC(=O)CSc2nc3c(c(=O)[nH]2)CCCC3)c1. The molecule has 0 unspecified atom stereocenters. The Kier molecular flexibility index (Phi) is 6.51. The van der Waals surface area contributed by atoms with Gasteiger partial charge in [-0.05, 0) is 57.7 Å². The average Bonchev–Trinajstić information content (AvgIpc) is 2.66. The van der Waals surface area contributed by atoms with Crippen molar-refractivity contribution in [1.29, 1.82) is 0 Å². The molecule has 0 saturated carbocycles. The van der Waals surface area contributed by atoms with Crippen LogP contribution in [0.1, 0.15) is 48.3 Å². The highest BCUT2D eigenvalue weighted by molar-refractivity contribution is 7.99. The summed E-state index contributed by atoms with van der Waals surface area (Å²) in [6.45, 7) is 3.56. The number of nitrogens with zero attached hydrogens (tertiary/aromatic N) is 1. The van der Waals surface area contributed by atoms with E-state index in [-0.39, 0.29) is 23.3 Å². The smallest absolute Gasteiger partial charge is 0.338 e. The first kappa shape index (κ1) is 20.1. The topological polar surface area (TPSA) is 101 Å². The number of ether oxygens (including phenoxy) is 1. The van der Waals surface area contributed by atoms with Gasteiger partial charge in [0.1, 0.15) is 0 Å². The minimum atomic E-state index is -0.434. The van der Waals surface area contributed by atoms with Gasteiger partial charge in [0.2, 0.25) is 5.91 Å². The Morgan fingerprint density at radius 3 is 2.86 bits per heavy atom. The number of hydrogen-bond acceptors (Lipinski definition) is 6. The van der Waals surface area contributed by atoms with Gasteiger partial charge in [-0.2, -0.15) is 0 Å². The van der Waals surface area contributed by atoms with E-state index in [0.29, 0.717) is 16.4 Å². The molecule has 1 aromatic heterocycles. The van der Waals surface area contributed by atoms with Gasteiger partial charge < -0.3 is 15.0 Å². The molecule has 1 amide bonds. The van der Waals surface area contributed by atoms with Crippen LogP contribution in [-0.2, 0) is 22.4 Å². The molecule has 0 atom stereocenters. The fourth-order valence-electron chi connectivity index (χ4n) is 2.99. The quantitative estimate of drug-likeness (QED) is 0.438. The molecule has 148 valence electrons. The number of rotatable bonds is 6. The summed E-state index contributed by atoms with van der Waals surface area (Å²) in [5, 5.41) is 3.20. The molecule has 2 aromatic rings. The number of fused-ring (bicyclic) bond motifs is 1. The Hall–Kier alpha value is -2.61. The summed E-state index contributed by atoms with van der Waals surface area (Å²) >= 11 is 1.18. The highest BCUT2D eigenvalue weighted by Crippen LogP contribution is 2.20. The predicted octanol–water partition coefficient (Wildman–Crippen LogP) is 2.94. The van der Waals surface area contributed by atoms with Gasteiger partial charge >= 0.3 is 5.97 Å². The first-order chi connectivity index (χ1) is 13.4. The fourth-order valence-corrected chi connectivity index (χ4v) is 3.67. The Bertz CT molecular complexity index is 939. The van der Waals surface area contributed by atoms with Gasteiger partial charge in [0.15, 0.2) is 5.16 Å². The number of aromatic amines is 1. The standard InChI is InChI=1S/C20H23N3O4S/c1-12(2)27-19(26)13-6-5-7-14(10-13)21-17(24)11-28-20-22-16-9-4-3-8-15(16)18(25)23-20/h5-7,10,12H,3-4,8-9,11H2,1-2H3,(H,21,24)(H,22,23,25). The molecule has 0 fully saturated rings. The Labute approximate surface area is 167 Å². The molecule has 3 rings (SSSR count). The number of nitrogens with one attached hydrogen (secondary N) is 2. The van der Waals surface area contributed by atoms with Gasteiger partial charge in [-0.25, -0.2) is 9.78 Å². The summed E-state index contributed by atoms with van der Waals surface area (Å²) in [4.78, 5) is 43.6. The van der Waals surface area contributed by atoms with E-state index in [9.17, 15) is 14.4 Å². The zero-order valence-electron chi connectivity index (χ0n) is 15.9. The number of esters is 1. The Morgan fingerprint density at radius 1 is 1.29 bits per heavy atom. The lowest BCUT2D eigenvalue weighted by molar-refractivity contribution is -0.113. The molecule has 1 heterocycles. The van der Waals surface area contributed by atoms with Crippen molar-refractivity contribution in [2.24, 2.45) is 0 Å². The summed E-state index contributed by atoms with van der Waals surface area (Å²) in [6.07, 6.45) is 3.39. The molecule has 0 saturated heterocycles. The molecule has 0 aliphatic heterocycles. The van der Waals surface area contributed by atoms with Crippen molar-refractivity contribution >= 4 is 29.3 Å². The predicted molar refractivity (Wildman–Crippen MR) is 108 cm³/mol. The number of carbonyl (C=O) groups is 2. The maximum absolute atomic E-state index is 12.3. The molecule has 0 radical (unpaired) electrons. The lowest BCUT2D eigenvalue weighted by Gasteiger charge is -2.14. The third kappa shape index (κ3) is 5.22. The molecule has 1 aliphatic rings. The van der Waals surface area contributed by atoms with Crippen molar-refractivity contribution in [3.8, 4) is 0 Å². The van der Waals surface area contributed by atoms with Crippen LogP contribution in [0.25, 0.3) is 0 Å². The zero-order valence-corrected chi connectivity index (χ0v) is 16.7. The molecule has 0 bridgehead atoms. The number of hydrogen-bond donors (Lipinski definition) is 2. The van der Waals surface area contributed by atoms with Crippen LogP contribution in [0.15, 0.2) is 34.2 Å². The van der Waals surface area contributed by atoms with Crippen molar-refractivity contribution in [2.45, 2.75) is 50.8 Å². The van der Waals surface area contributed by atoms with Crippen molar-refractivity contribution in [3.63, 3.8) is 0 Å². The van der Waals surface area contributed by atoms with E-state index in [0.717, 1.165) is 36.9 Å². The first-order valence-corrected chi connectivity index (χ1v) is 10.3. The van der Waals surface area contributed by atoms with Crippen molar-refractivity contribution in [2.75, 3.05) is 11.1 Å². The van der Waals surface area contributed by atoms with Gasteiger partial charge in [0, 0.05) is 11.3 Å². The van der Waals surface area contributed by atoms with Gasteiger partial charge in [0.25, 0.3) is 5.56 Å². The minimum absolute atomic E-state index is 0.0996. The van der Waals surface area contributed by atoms with E-state index in [1.807, 2.05) is 0 Å².